The van der Waals surface area contributed by atoms with Crippen LogP contribution in [0.1, 0.15) is 69.0 Å². The van der Waals surface area contributed by atoms with Gasteiger partial charge in [0.05, 0.1) is 7.11 Å². The molecule has 0 aliphatic heterocycles. The first kappa shape index (κ1) is 16.4. The van der Waals surface area contributed by atoms with E-state index in [2.05, 4.69) is 37.4 Å². The smallest absolute Gasteiger partial charge is 0.122 e. The van der Waals surface area contributed by atoms with Crippen molar-refractivity contribution in [1.29, 1.82) is 0 Å². The number of hydrogen-bond donors (Lipinski definition) is 1. The lowest BCUT2D eigenvalue weighted by Gasteiger charge is -2.28. The van der Waals surface area contributed by atoms with Crippen molar-refractivity contribution in [1.82, 2.24) is 5.32 Å². The van der Waals surface area contributed by atoms with E-state index in [1.165, 1.54) is 56.1 Å². The molecule has 2 heteroatoms. The van der Waals surface area contributed by atoms with Gasteiger partial charge in [-0.3, -0.25) is 0 Å². The molecule has 21 heavy (non-hydrogen) atoms. The van der Waals surface area contributed by atoms with Gasteiger partial charge in [-0.2, -0.15) is 0 Å². The number of aryl methyl sites for hydroxylation is 1. The van der Waals surface area contributed by atoms with E-state index in [-0.39, 0.29) is 0 Å². The molecule has 1 aromatic rings. The van der Waals surface area contributed by atoms with Gasteiger partial charge < -0.3 is 10.1 Å². The van der Waals surface area contributed by atoms with Gasteiger partial charge in [0.2, 0.25) is 0 Å². The van der Waals surface area contributed by atoms with Crippen LogP contribution in [0.5, 0.6) is 5.75 Å². The Bertz CT molecular complexity index is 424. The van der Waals surface area contributed by atoms with Crippen LogP contribution in [0.25, 0.3) is 0 Å². The summed E-state index contributed by atoms with van der Waals surface area (Å²) in [5, 5.41) is 3.75. The first-order valence-electron chi connectivity index (χ1n) is 8.62. The molecule has 0 spiro atoms. The molecule has 1 saturated carbocycles. The summed E-state index contributed by atoms with van der Waals surface area (Å²) in [6, 6.07) is 7.16. The van der Waals surface area contributed by atoms with Crippen molar-refractivity contribution in [3.8, 4) is 5.75 Å². The lowest BCUT2D eigenvalue weighted by Crippen LogP contribution is -2.25. The highest BCUT2D eigenvalue weighted by Gasteiger charge is 2.20. The number of rotatable bonds is 7. The molecule has 0 heterocycles. The van der Waals surface area contributed by atoms with Crippen molar-refractivity contribution >= 4 is 0 Å². The predicted molar refractivity (Wildman–Crippen MR) is 90.0 cm³/mol. The van der Waals surface area contributed by atoms with Crippen molar-refractivity contribution in [2.45, 2.75) is 64.8 Å². The Balaban J connectivity index is 2.10. The van der Waals surface area contributed by atoms with E-state index in [4.69, 9.17) is 4.74 Å². The second-order valence-corrected chi connectivity index (χ2v) is 6.48. The standard InChI is InChI=1S/C19H31NO/c1-4-12-20-18(13-16-8-6-5-7-9-16)17-11-10-15(2)19(14-17)21-3/h10-11,14,16,18,20H,4-9,12-13H2,1-3H3. The summed E-state index contributed by atoms with van der Waals surface area (Å²) in [4.78, 5) is 0. The third-order valence-corrected chi connectivity index (χ3v) is 4.77. The third-order valence-electron chi connectivity index (χ3n) is 4.77. The molecule has 0 aromatic heterocycles. The fourth-order valence-corrected chi connectivity index (χ4v) is 3.47. The minimum atomic E-state index is 0.475. The van der Waals surface area contributed by atoms with Gasteiger partial charge >= 0.3 is 0 Å². The first-order chi connectivity index (χ1) is 10.2. The van der Waals surface area contributed by atoms with Crippen LogP contribution in [0.3, 0.4) is 0 Å². The Kier molecular flexibility index (Phi) is 6.56. The van der Waals surface area contributed by atoms with Crippen LogP contribution in [-0.4, -0.2) is 13.7 Å². The normalized spacial score (nSPS) is 17.7. The van der Waals surface area contributed by atoms with Gasteiger partial charge in [0.25, 0.3) is 0 Å². The first-order valence-corrected chi connectivity index (χ1v) is 8.62. The summed E-state index contributed by atoms with van der Waals surface area (Å²) in [7, 11) is 1.77. The summed E-state index contributed by atoms with van der Waals surface area (Å²) < 4.78 is 5.50. The highest BCUT2D eigenvalue weighted by molar-refractivity contribution is 5.37. The van der Waals surface area contributed by atoms with Crippen LogP contribution in [0.15, 0.2) is 18.2 Å². The van der Waals surface area contributed by atoms with Crippen LogP contribution in [-0.2, 0) is 0 Å². The van der Waals surface area contributed by atoms with E-state index in [1.807, 2.05) is 0 Å². The minimum Gasteiger partial charge on any atom is -0.496 e. The van der Waals surface area contributed by atoms with Gasteiger partial charge in [0, 0.05) is 6.04 Å². The second kappa shape index (κ2) is 8.43. The molecule has 1 N–H and O–H groups in total. The molecule has 1 aliphatic carbocycles. The van der Waals surface area contributed by atoms with Crippen molar-refractivity contribution in [3.05, 3.63) is 29.3 Å². The zero-order valence-corrected chi connectivity index (χ0v) is 14.0. The Morgan fingerprint density at radius 2 is 2.00 bits per heavy atom. The zero-order valence-electron chi connectivity index (χ0n) is 14.0. The molecule has 1 atom stereocenters. The van der Waals surface area contributed by atoms with Crippen LogP contribution in [0, 0.1) is 12.8 Å². The third kappa shape index (κ3) is 4.74. The minimum absolute atomic E-state index is 0.475. The maximum absolute atomic E-state index is 5.50. The van der Waals surface area contributed by atoms with Gasteiger partial charge in [-0.25, -0.2) is 0 Å². The molecule has 1 aliphatic rings. The largest absolute Gasteiger partial charge is 0.496 e. The molecule has 0 saturated heterocycles. The fourth-order valence-electron chi connectivity index (χ4n) is 3.47. The molecule has 1 fully saturated rings. The molecule has 2 nitrogen and oxygen atoms in total. The van der Waals surface area contributed by atoms with Crippen molar-refractivity contribution < 1.29 is 4.74 Å². The van der Waals surface area contributed by atoms with Crippen molar-refractivity contribution in [2.24, 2.45) is 5.92 Å². The summed E-state index contributed by atoms with van der Waals surface area (Å²) >= 11 is 0. The van der Waals surface area contributed by atoms with Crippen LogP contribution in [0.4, 0.5) is 0 Å². The lowest BCUT2D eigenvalue weighted by atomic mass is 9.83. The molecule has 2 rings (SSSR count). The molecular weight excluding hydrogens is 258 g/mol. The topological polar surface area (TPSA) is 21.3 Å². The monoisotopic (exact) mass is 289 g/mol. The van der Waals surface area contributed by atoms with E-state index in [0.717, 1.165) is 18.2 Å². The summed E-state index contributed by atoms with van der Waals surface area (Å²) in [6.45, 7) is 5.44. The van der Waals surface area contributed by atoms with E-state index >= 15 is 0 Å². The molecule has 0 bridgehead atoms. The molecule has 1 unspecified atom stereocenters. The molecule has 1 aromatic carbocycles. The SMILES string of the molecule is CCCNC(CC1CCCCC1)c1ccc(C)c(OC)c1. The Hall–Kier alpha value is -1.02. The highest BCUT2D eigenvalue weighted by Crippen LogP contribution is 2.33. The Morgan fingerprint density at radius 1 is 1.24 bits per heavy atom. The average Bonchev–Trinajstić information content (AvgIpc) is 2.53. The maximum Gasteiger partial charge on any atom is 0.122 e. The lowest BCUT2D eigenvalue weighted by molar-refractivity contribution is 0.299. The van der Waals surface area contributed by atoms with Crippen molar-refractivity contribution in [2.75, 3.05) is 13.7 Å². The van der Waals surface area contributed by atoms with Gasteiger partial charge in [-0.15, -0.1) is 0 Å². The molecule has 0 radical (unpaired) electrons. The number of benzene rings is 1. The number of methoxy groups -OCH3 is 1. The highest BCUT2D eigenvalue weighted by atomic mass is 16.5. The van der Waals surface area contributed by atoms with E-state index in [0.29, 0.717) is 6.04 Å². The maximum atomic E-state index is 5.50. The van der Waals surface area contributed by atoms with Crippen LogP contribution >= 0.6 is 0 Å². The molecule has 118 valence electrons. The Morgan fingerprint density at radius 3 is 2.67 bits per heavy atom. The van der Waals surface area contributed by atoms with Crippen LogP contribution < -0.4 is 10.1 Å². The second-order valence-electron chi connectivity index (χ2n) is 6.48. The van der Waals surface area contributed by atoms with Crippen molar-refractivity contribution in [3.63, 3.8) is 0 Å². The average molecular weight is 289 g/mol. The number of nitrogens with one attached hydrogen (secondary N) is 1. The van der Waals surface area contributed by atoms with Gasteiger partial charge in [-0.1, -0.05) is 51.2 Å². The van der Waals surface area contributed by atoms with Gasteiger partial charge in [-0.05, 0) is 49.4 Å². The van der Waals surface area contributed by atoms with E-state index < -0.39 is 0 Å². The zero-order chi connectivity index (χ0) is 15.1. The Labute approximate surface area is 130 Å². The summed E-state index contributed by atoms with van der Waals surface area (Å²) in [5.74, 6) is 1.90. The molecular formula is C19H31NO. The molecule has 0 amide bonds. The van der Waals surface area contributed by atoms with E-state index in [9.17, 15) is 0 Å². The summed E-state index contributed by atoms with van der Waals surface area (Å²) in [5.41, 5.74) is 2.60. The van der Waals surface area contributed by atoms with Crippen LogP contribution in [0.2, 0.25) is 0 Å². The van der Waals surface area contributed by atoms with E-state index in [1.54, 1.807) is 7.11 Å². The summed E-state index contributed by atoms with van der Waals surface area (Å²) in [6.07, 6.45) is 9.55. The number of ether oxygens (including phenoxy) is 1. The fraction of sp³-hybridized carbons (Fsp3) is 0.684. The quantitative estimate of drug-likeness (QED) is 0.761. The number of hydrogen-bond acceptors (Lipinski definition) is 2. The predicted octanol–water partition coefficient (Wildman–Crippen LogP) is 5.01. The van der Waals surface area contributed by atoms with Gasteiger partial charge in [0.1, 0.15) is 5.75 Å². The van der Waals surface area contributed by atoms with Gasteiger partial charge in [0.15, 0.2) is 0 Å².